The van der Waals surface area contributed by atoms with Gasteiger partial charge >= 0.3 is 5.97 Å². The topological polar surface area (TPSA) is 94.9 Å². The number of nitrogens with zero attached hydrogens (tertiary/aromatic N) is 6. The second-order valence-electron chi connectivity index (χ2n) is 11.2. The van der Waals surface area contributed by atoms with E-state index in [1.54, 1.807) is 13.0 Å². The van der Waals surface area contributed by atoms with E-state index in [2.05, 4.69) is 31.9 Å². The van der Waals surface area contributed by atoms with Gasteiger partial charge in [0.15, 0.2) is 5.82 Å². The van der Waals surface area contributed by atoms with Crippen LogP contribution in [0, 0.1) is 11.8 Å². The van der Waals surface area contributed by atoms with Crippen molar-refractivity contribution in [2.24, 2.45) is 11.8 Å². The van der Waals surface area contributed by atoms with Gasteiger partial charge in [0.25, 0.3) is 0 Å². The summed E-state index contributed by atoms with van der Waals surface area (Å²) in [6, 6.07) is 13.1. The van der Waals surface area contributed by atoms with Crippen LogP contribution in [0.4, 0.5) is 5.82 Å². The molecule has 2 fully saturated rings. The fraction of sp³-hybridized carbons (Fsp3) is 0.467. The Kier molecular flexibility index (Phi) is 9.60. The molecule has 1 atom stereocenters. The molecule has 9 nitrogen and oxygen atoms in total. The predicted octanol–water partition coefficient (Wildman–Crippen LogP) is 5.71. The zero-order chi connectivity index (χ0) is 28.9. The Labute approximate surface area is 251 Å². The maximum atomic E-state index is 11.3. The van der Waals surface area contributed by atoms with Crippen molar-refractivity contribution in [3.63, 3.8) is 0 Å². The number of aliphatic carboxylic acids is 1. The van der Waals surface area contributed by atoms with Gasteiger partial charge in [-0.15, -0.1) is 10.2 Å². The molecule has 4 heterocycles. The summed E-state index contributed by atoms with van der Waals surface area (Å²) < 4.78 is 6.12. The van der Waals surface area contributed by atoms with Gasteiger partial charge in [-0.1, -0.05) is 30.1 Å². The summed E-state index contributed by atoms with van der Waals surface area (Å²) in [4.78, 5) is 22.9. The Hall–Kier alpha value is -2.98. The number of anilines is 1. The van der Waals surface area contributed by atoms with Gasteiger partial charge in [0.05, 0.1) is 11.6 Å². The molecule has 0 spiro atoms. The number of rotatable bonds is 9. The van der Waals surface area contributed by atoms with Gasteiger partial charge in [-0.3, -0.25) is 9.69 Å². The Morgan fingerprint density at radius 3 is 2.32 bits per heavy atom. The lowest BCUT2D eigenvalue weighted by atomic mass is 9.88. The number of carboxylic acid groups (broad SMARTS) is 1. The quantitative estimate of drug-likeness (QED) is 0.332. The highest BCUT2D eigenvalue weighted by molar-refractivity contribution is 6.35. The Balaban J connectivity index is 1.32. The molecule has 0 aliphatic carbocycles. The highest BCUT2D eigenvalue weighted by Crippen LogP contribution is 2.31. The summed E-state index contributed by atoms with van der Waals surface area (Å²) in [5, 5.41) is 19.1. The van der Waals surface area contributed by atoms with Crippen molar-refractivity contribution in [1.29, 1.82) is 0 Å². The SMILES string of the molecule is C[C@@H](CC1CCN(Cc2cc(Oc3ccc(N4CCN(C)CC4)nn3)nc(-c3cc(Cl)cc(Cl)c3)c2)CC1)C(=O)O. The molecular weight excluding hydrogens is 563 g/mol. The van der Waals surface area contributed by atoms with Crippen molar-refractivity contribution in [3.05, 3.63) is 58.1 Å². The zero-order valence-corrected chi connectivity index (χ0v) is 25.0. The molecule has 3 aromatic rings. The van der Waals surface area contributed by atoms with Crippen molar-refractivity contribution in [2.75, 3.05) is 51.2 Å². The van der Waals surface area contributed by atoms with E-state index < -0.39 is 5.97 Å². The lowest BCUT2D eigenvalue weighted by Crippen LogP contribution is -2.44. The van der Waals surface area contributed by atoms with Crippen LogP contribution in [0.2, 0.25) is 10.0 Å². The van der Waals surface area contributed by atoms with E-state index >= 15 is 0 Å². The summed E-state index contributed by atoms with van der Waals surface area (Å²) in [5.74, 6) is 1.03. The van der Waals surface area contributed by atoms with Gasteiger partial charge in [0.1, 0.15) is 0 Å². The van der Waals surface area contributed by atoms with E-state index in [-0.39, 0.29) is 5.92 Å². The molecule has 2 aromatic heterocycles. The van der Waals surface area contributed by atoms with Gasteiger partial charge in [-0.25, -0.2) is 4.98 Å². The number of piperazine rings is 1. The standard InChI is InChI=1S/C30H36Cl2N6O3/c1-20(30(39)40)13-21-5-7-37(8-6-21)19-22-14-26(23-16-24(31)18-25(32)17-23)33-29(15-22)41-28-4-3-27(34-35-28)38-11-9-36(2)10-12-38/h3-4,14-18,20-21H,5-13,19H2,1-2H3,(H,39,40)/t20-/m0/s1. The fourth-order valence-electron chi connectivity index (χ4n) is 5.47. The predicted molar refractivity (Wildman–Crippen MR) is 161 cm³/mol. The highest BCUT2D eigenvalue weighted by Gasteiger charge is 2.24. The normalized spacial score (nSPS) is 17.9. The average molecular weight is 600 g/mol. The number of ether oxygens (including phenoxy) is 1. The van der Waals surface area contributed by atoms with E-state index in [4.69, 9.17) is 32.9 Å². The molecule has 0 amide bonds. The fourth-order valence-corrected chi connectivity index (χ4v) is 6.00. The Bertz CT molecular complexity index is 1320. The number of carboxylic acids is 1. The van der Waals surface area contributed by atoms with Crippen LogP contribution in [0.1, 0.15) is 31.7 Å². The maximum absolute atomic E-state index is 11.3. The molecule has 41 heavy (non-hydrogen) atoms. The van der Waals surface area contributed by atoms with Crippen LogP contribution in [0.5, 0.6) is 11.8 Å². The van der Waals surface area contributed by atoms with Crippen LogP contribution >= 0.6 is 23.2 Å². The molecule has 2 saturated heterocycles. The zero-order valence-electron chi connectivity index (χ0n) is 23.5. The van der Waals surface area contributed by atoms with Crippen molar-refractivity contribution in [3.8, 4) is 23.0 Å². The van der Waals surface area contributed by atoms with E-state index in [1.165, 1.54) is 0 Å². The first-order chi connectivity index (χ1) is 19.7. The summed E-state index contributed by atoms with van der Waals surface area (Å²) >= 11 is 12.6. The van der Waals surface area contributed by atoms with Crippen LogP contribution in [-0.4, -0.2) is 82.4 Å². The van der Waals surface area contributed by atoms with Crippen LogP contribution in [0.15, 0.2) is 42.5 Å². The highest BCUT2D eigenvalue weighted by atomic mass is 35.5. The van der Waals surface area contributed by atoms with Gasteiger partial charge in [0.2, 0.25) is 11.8 Å². The number of piperidine rings is 1. The van der Waals surface area contributed by atoms with E-state index in [9.17, 15) is 9.90 Å². The van der Waals surface area contributed by atoms with E-state index in [0.29, 0.717) is 33.4 Å². The number of likely N-dealkylation sites (N-methyl/N-ethyl adjacent to an activating group) is 1. The third kappa shape index (κ3) is 8.07. The molecule has 2 aliphatic rings. The lowest BCUT2D eigenvalue weighted by Gasteiger charge is -2.32. The van der Waals surface area contributed by atoms with Crippen LogP contribution in [0.3, 0.4) is 0 Å². The number of benzene rings is 1. The Morgan fingerprint density at radius 1 is 0.976 bits per heavy atom. The van der Waals surface area contributed by atoms with Crippen LogP contribution in [0.25, 0.3) is 11.3 Å². The molecule has 218 valence electrons. The minimum absolute atomic E-state index is 0.308. The Morgan fingerprint density at radius 2 is 1.68 bits per heavy atom. The largest absolute Gasteiger partial charge is 0.481 e. The number of likely N-dealkylation sites (tertiary alicyclic amines) is 1. The molecule has 5 rings (SSSR count). The van der Waals surface area contributed by atoms with Gasteiger partial charge in [-0.2, -0.15) is 0 Å². The molecule has 1 aromatic carbocycles. The van der Waals surface area contributed by atoms with Crippen molar-refractivity contribution in [2.45, 2.75) is 32.7 Å². The summed E-state index contributed by atoms with van der Waals surface area (Å²) in [5.41, 5.74) is 2.54. The second-order valence-corrected chi connectivity index (χ2v) is 12.0. The summed E-state index contributed by atoms with van der Waals surface area (Å²) in [6.45, 7) is 8.14. The summed E-state index contributed by atoms with van der Waals surface area (Å²) in [7, 11) is 2.12. The van der Waals surface area contributed by atoms with Crippen LogP contribution in [-0.2, 0) is 11.3 Å². The minimum atomic E-state index is -0.718. The molecule has 0 radical (unpaired) electrons. The molecule has 0 bridgehead atoms. The molecular formula is C30H36Cl2N6O3. The first-order valence-electron chi connectivity index (χ1n) is 14.1. The third-order valence-corrected chi connectivity index (χ3v) is 8.34. The van der Waals surface area contributed by atoms with Gasteiger partial charge in [0, 0.05) is 60.5 Å². The number of hydrogen-bond acceptors (Lipinski definition) is 8. The van der Waals surface area contributed by atoms with E-state index in [0.717, 1.165) is 82.0 Å². The summed E-state index contributed by atoms with van der Waals surface area (Å²) in [6.07, 6.45) is 2.70. The lowest BCUT2D eigenvalue weighted by molar-refractivity contribution is -0.141. The van der Waals surface area contributed by atoms with Crippen LogP contribution < -0.4 is 9.64 Å². The monoisotopic (exact) mass is 598 g/mol. The minimum Gasteiger partial charge on any atom is -0.481 e. The molecule has 1 N–H and O–H groups in total. The van der Waals surface area contributed by atoms with Gasteiger partial charge in [-0.05, 0) is 81.2 Å². The number of halogens is 2. The third-order valence-electron chi connectivity index (χ3n) is 7.90. The number of pyridine rings is 1. The second kappa shape index (κ2) is 13.3. The molecule has 2 aliphatic heterocycles. The maximum Gasteiger partial charge on any atom is 0.306 e. The van der Waals surface area contributed by atoms with Crippen molar-refractivity contribution < 1.29 is 14.6 Å². The molecule has 0 saturated carbocycles. The molecule has 0 unspecified atom stereocenters. The van der Waals surface area contributed by atoms with Gasteiger partial charge < -0.3 is 19.6 Å². The van der Waals surface area contributed by atoms with Crippen molar-refractivity contribution >= 4 is 35.0 Å². The van der Waals surface area contributed by atoms with E-state index in [1.807, 2.05) is 36.4 Å². The first-order valence-corrected chi connectivity index (χ1v) is 14.8. The van der Waals surface area contributed by atoms with Crippen molar-refractivity contribution in [1.82, 2.24) is 25.0 Å². The number of aromatic nitrogens is 3. The average Bonchev–Trinajstić information content (AvgIpc) is 2.94. The molecule has 11 heteroatoms. The first kappa shape index (κ1) is 29.5. The smallest absolute Gasteiger partial charge is 0.306 e. The number of hydrogen-bond donors (Lipinski definition) is 1. The number of carbonyl (C=O) groups is 1.